The molecule has 0 fully saturated rings. The van der Waals surface area contributed by atoms with Crippen molar-refractivity contribution in [3.8, 4) is 0 Å². The highest BCUT2D eigenvalue weighted by Gasteiger charge is 2.25. The third-order valence-corrected chi connectivity index (χ3v) is 5.85. The summed E-state index contributed by atoms with van der Waals surface area (Å²) in [4.78, 5) is 2.01. The fraction of sp³-hybridized carbons (Fsp3) is 0.0526. The molecule has 0 saturated heterocycles. The number of nitrogens with zero attached hydrogens (tertiary/aromatic N) is 1. The highest BCUT2D eigenvalue weighted by atomic mass is 79.9. The molecule has 2 aromatic carbocycles. The molecular formula is C19H16BrNO2S. The number of para-hydroxylation sites is 1. The summed E-state index contributed by atoms with van der Waals surface area (Å²) >= 11 is 3.30. The van der Waals surface area contributed by atoms with E-state index in [0.717, 1.165) is 10.9 Å². The Bertz CT molecular complexity index is 1020. The van der Waals surface area contributed by atoms with Crippen LogP contribution in [-0.2, 0) is 16.4 Å². The fourth-order valence-electron chi connectivity index (χ4n) is 2.84. The first-order valence-corrected chi connectivity index (χ1v) is 9.77. The quantitative estimate of drug-likeness (QED) is 0.565. The van der Waals surface area contributed by atoms with Crippen molar-refractivity contribution in [1.29, 1.82) is 0 Å². The van der Waals surface area contributed by atoms with Crippen molar-refractivity contribution in [3.05, 3.63) is 83.5 Å². The number of aromatic nitrogens is 1. The first-order valence-electron chi connectivity index (χ1n) is 7.42. The highest BCUT2D eigenvalue weighted by molar-refractivity contribution is 9.11. The van der Waals surface area contributed by atoms with Crippen molar-refractivity contribution in [3.63, 3.8) is 0 Å². The molecule has 5 heteroatoms. The number of rotatable bonds is 5. The lowest BCUT2D eigenvalue weighted by Gasteiger charge is -2.11. The number of halogens is 1. The molecule has 0 aliphatic heterocycles. The molecule has 3 nitrogen and oxygen atoms in total. The van der Waals surface area contributed by atoms with Crippen LogP contribution >= 0.6 is 15.9 Å². The number of allylic oxidation sites excluding steroid dienone is 1. The average Bonchev–Trinajstić information content (AvgIpc) is 2.91. The normalized spacial score (nSPS) is 12.0. The van der Waals surface area contributed by atoms with Gasteiger partial charge in [0.2, 0.25) is 0 Å². The van der Waals surface area contributed by atoms with Gasteiger partial charge in [-0.25, -0.2) is 12.4 Å². The van der Waals surface area contributed by atoms with Gasteiger partial charge in [-0.05, 0) is 29.3 Å². The SMILES string of the molecule is C=CCc1c(/C=C/Br)c2ccccc2n1S(=O)(=O)c1ccccc1. The predicted molar refractivity (Wildman–Crippen MR) is 103 cm³/mol. The van der Waals surface area contributed by atoms with Crippen LogP contribution in [0.25, 0.3) is 17.0 Å². The molecule has 122 valence electrons. The molecule has 0 atom stereocenters. The summed E-state index contributed by atoms with van der Waals surface area (Å²) in [6, 6.07) is 16.0. The lowest BCUT2D eigenvalue weighted by atomic mass is 10.1. The minimum absolute atomic E-state index is 0.269. The second kappa shape index (κ2) is 6.79. The Morgan fingerprint density at radius 2 is 1.71 bits per heavy atom. The van der Waals surface area contributed by atoms with Crippen LogP contribution in [0.5, 0.6) is 0 Å². The Balaban J connectivity index is 2.43. The second-order valence-corrected chi connectivity index (χ2v) is 7.56. The predicted octanol–water partition coefficient (Wildman–Crippen LogP) is 4.97. The molecule has 0 radical (unpaired) electrons. The van der Waals surface area contributed by atoms with Gasteiger partial charge in [-0.1, -0.05) is 58.4 Å². The summed E-state index contributed by atoms with van der Waals surface area (Å²) in [6.45, 7) is 3.78. The largest absolute Gasteiger partial charge is 0.268 e. The Hall–Kier alpha value is -2.11. The maximum Gasteiger partial charge on any atom is 0.268 e. The maximum absolute atomic E-state index is 13.3. The van der Waals surface area contributed by atoms with E-state index in [0.29, 0.717) is 17.6 Å². The molecule has 1 heterocycles. The monoisotopic (exact) mass is 401 g/mol. The maximum atomic E-state index is 13.3. The van der Waals surface area contributed by atoms with Gasteiger partial charge < -0.3 is 0 Å². The van der Waals surface area contributed by atoms with Crippen LogP contribution in [0.1, 0.15) is 11.3 Å². The number of hydrogen-bond donors (Lipinski definition) is 0. The van der Waals surface area contributed by atoms with Gasteiger partial charge in [0, 0.05) is 23.1 Å². The Labute approximate surface area is 150 Å². The fourth-order valence-corrected chi connectivity index (χ4v) is 4.70. The Morgan fingerprint density at radius 1 is 1.04 bits per heavy atom. The molecule has 3 rings (SSSR count). The zero-order valence-electron chi connectivity index (χ0n) is 12.9. The van der Waals surface area contributed by atoms with E-state index in [-0.39, 0.29) is 4.90 Å². The van der Waals surface area contributed by atoms with Crippen LogP contribution < -0.4 is 0 Å². The third kappa shape index (κ3) is 2.74. The zero-order chi connectivity index (χ0) is 17.2. The zero-order valence-corrected chi connectivity index (χ0v) is 15.3. The van der Waals surface area contributed by atoms with Crippen molar-refractivity contribution in [2.45, 2.75) is 11.3 Å². The molecule has 0 bridgehead atoms. The highest BCUT2D eigenvalue weighted by Crippen LogP contribution is 2.32. The van der Waals surface area contributed by atoms with E-state index in [1.54, 1.807) is 41.4 Å². The smallest absolute Gasteiger partial charge is 0.237 e. The average molecular weight is 402 g/mol. The van der Waals surface area contributed by atoms with Crippen molar-refractivity contribution < 1.29 is 8.42 Å². The van der Waals surface area contributed by atoms with Crippen molar-refractivity contribution in [2.24, 2.45) is 0 Å². The summed E-state index contributed by atoms with van der Waals surface area (Å²) < 4.78 is 27.9. The topological polar surface area (TPSA) is 39.1 Å². The van der Waals surface area contributed by atoms with Crippen LogP contribution in [0, 0.1) is 0 Å². The van der Waals surface area contributed by atoms with Crippen LogP contribution in [0.15, 0.2) is 77.1 Å². The van der Waals surface area contributed by atoms with Gasteiger partial charge in [0.05, 0.1) is 10.4 Å². The molecule has 24 heavy (non-hydrogen) atoms. The molecule has 0 saturated carbocycles. The van der Waals surface area contributed by atoms with E-state index in [4.69, 9.17) is 0 Å². The number of fused-ring (bicyclic) bond motifs is 1. The van der Waals surface area contributed by atoms with E-state index in [1.807, 2.05) is 30.3 Å². The van der Waals surface area contributed by atoms with Crippen molar-refractivity contribution in [1.82, 2.24) is 3.97 Å². The molecule has 3 aromatic rings. The van der Waals surface area contributed by atoms with Crippen LogP contribution in [-0.4, -0.2) is 12.4 Å². The summed E-state index contributed by atoms with van der Waals surface area (Å²) in [5.41, 5.74) is 2.24. The standard InChI is InChI=1S/C19H16BrNO2S/c1-2-8-18-17(13-14-20)16-11-6-7-12-19(16)21(18)24(22,23)15-9-4-3-5-10-15/h2-7,9-14H,1,8H2/b14-13+. The van der Waals surface area contributed by atoms with E-state index in [9.17, 15) is 8.42 Å². The third-order valence-electron chi connectivity index (χ3n) is 3.82. The molecule has 0 spiro atoms. The first kappa shape index (κ1) is 16.7. The van der Waals surface area contributed by atoms with E-state index < -0.39 is 10.0 Å². The second-order valence-electron chi connectivity index (χ2n) is 5.25. The van der Waals surface area contributed by atoms with E-state index in [2.05, 4.69) is 22.5 Å². The van der Waals surface area contributed by atoms with Crippen LogP contribution in [0.3, 0.4) is 0 Å². The molecule has 0 N–H and O–H groups in total. The van der Waals surface area contributed by atoms with E-state index in [1.165, 1.54) is 3.97 Å². The summed E-state index contributed by atoms with van der Waals surface area (Å²) in [7, 11) is -3.70. The van der Waals surface area contributed by atoms with Crippen molar-refractivity contribution in [2.75, 3.05) is 0 Å². The van der Waals surface area contributed by atoms with Gasteiger partial charge in [-0.2, -0.15) is 0 Å². The minimum atomic E-state index is -3.70. The van der Waals surface area contributed by atoms with Crippen LogP contribution in [0.2, 0.25) is 0 Å². The summed E-state index contributed by atoms with van der Waals surface area (Å²) in [5, 5.41) is 0.893. The van der Waals surface area contributed by atoms with Gasteiger partial charge >= 0.3 is 0 Å². The molecule has 0 unspecified atom stereocenters. The molecule has 0 aliphatic rings. The molecular weight excluding hydrogens is 386 g/mol. The Kier molecular flexibility index (Phi) is 4.73. The van der Waals surface area contributed by atoms with E-state index >= 15 is 0 Å². The molecule has 1 aromatic heterocycles. The number of hydrogen-bond acceptors (Lipinski definition) is 2. The summed E-state index contributed by atoms with van der Waals surface area (Å²) in [6.07, 6.45) is 4.04. The lowest BCUT2D eigenvalue weighted by molar-refractivity contribution is 0.587. The number of benzene rings is 2. The van der Waals surface area contributed by atoms with Gasteiger partial charge in [-0.3, -0.25) is 0 Å². The Morgan fingerprint density at radius 3 is 2.38 bits per heavy atom. The first-order chi connectivity index (χ1) is 11.6. The van der Waals surface area contributed by atoms with Crippen LogP contribution in [0.4, 0.5) is 0 Å². The molecule has 0 aliphatic carbocycles. The minimum Gasteiger partial charge on any atom is -0.237 e. The van der Waals surface area contributed by atoms with Crippen molar-refractivity contribution >= 4 is 42.9 Å². The van der Waals surface area contributed by atoms with Gasteiger partial charge in [0.15, 0.2) is 0 Å². The molecule has 0 amide bonds. The van der Waals surface area contributed by atoms with Gasteiger partial charge in [-0.15, -0.1) is 6.58 Å². The summed E-state index contributed by atoms with van der Waals surface area (Å²) in [5.74, 6) is 0. The van der Waals surface area contributed by atoms with Gasteiger partial charge in [0.1, 0.15) is 0 Å². The van der Waals surface area contributed by atoms with Gasteiger partial charge in [0.25, 0.3) is 10.0 Å². The lowest BCUT2D eigenvalue weighted by Crippen LogP contribution is -2.15.